The van der Waals surface area contributed by atoms with Gasteiger partial charge in [-0.15, -0.1) is 0 Å². The van der Waals surface area contributed by atoms with Crippen LogP contribution in [0.2, 0.25) is 0 Å². The van der Waals surface area contributed by atoms with E-state index in [2.05, 4.69) is 20.7 Å². The number of nitrogens with one attached hydrogen (secondary N) is 2. The summed E-state index contributed by atoms with van der Waals surface area (Å²) < 4.78 is 1.68. The second kappa shape index (κ2) is 5.83. The molecule has 0 spiro atoms. The molecule has 0 saturated carbocycles. The number of nitrogens with zero attached hydrogens (tertiary/aromatic N) is 3. The zero-order chi connectivity index (χ0) is 13.8. The minimum Gasteiger partial charge on any atom is -0.324 e. The van der Waals surface area contributed by atoms with E-state index in [1.807, 2.05) is 24.4 Å². The lowest BCUT2D eigenvalue weighted by molar-refractivity contribution is -0.120. The monoisotopic (exact) mass is 271 g/mol. The van der Waals surface area contributed by atoms with Crippen molar-refractivity contribution in [2.45, 2.75) is 12.8 Å². The van der Waals surface area contributed by atoms with Crippen molar-refractivity contribution in [3.8, 4) is 5.82 Å². The van der Waals surface area contributed by atoms with E-state index in [9.17, 15) is 4.79 Å². The van der Waals surface area contributed by atoms with Gasteiger partial charge in [-0.25, -0.2) is 9.67 Å². The van der Waals surface area contributed by atoms with Crippen molar-refractivity contribution in [3.05, 3.63) is 36.8 Å². The lowest BCUT2D eigenvalue weighted by Gasteiger charge is -2.21. The molecule has 3 rings (SSSR count). The molecule has 1 aliphatic heterocycles. The van der Waals surface area contributed by atoms with Crippen LogP contribution in [0.1, 0.15) is 12.8 Å². The molecule has 1 saturated heterocycles. The highest BCUT2D eigenvalue weighted by Gasteiger charge is 2.20. The van der Waals surface area contributed by atoms with Crippen LogP contribution < -0.4 is 10.6 Å². The molecule has 0 unspecified atom stereocenters. The Balaban J connectivity index is 1.64. The first kappa shape index (κ1) is 12.8. The smallest absolute Gasteiger partial charge is 0.228 e. The van der Waals surface area contributed by atoms with Gasteiger partial charge in [-0.3, -0.25) is 4.79 Å². The summed E-state index contributed by atoms with van der Waals surface area (Å²) in [5.41, 5.74) is 0.719. The summed E-state index contributed by atoms with van der Waals surface area (Å²) >= 11 is 0. The van der Waals surface area contributed by atoms with Crippen molar-refractivity contribution in [3.63, 3.8) is 0 Å². The molecule has 1 fully saturated rings. The molecule has 104 valence electrons. The van der Waals surface area contributed by atoms with Gasteiger partial charge in [-0.05, 0) is 37.6 Å². The van der Waals surface area contributed by atoms with E-state index in [0.717, 1.165) is 37.4 Å². The Morgan fingerprint density at radius 3 is 3.05 bits per heavy atom. The van der Waals surface area contributed by atoms with Crippen molar-refractivity contribution in [2.75, 3.05) is 18.4 Å². The Labute approximate surface area is 117 Å². The minimum absolute atomic E-state index is 0.0505. The Morgan fingerprint density at radius 1 is 1.45 bits per heavy atom. The lowest BCUT2D eigenvalue weighted by Crippen LogP contribution is -2.37. The molecule has 3 heterocycles. The van der Waals surface area contributed by atoms with E-state index in [1.165, 1.54) is 0 Å². The van der Waals surface area contributed by atoms with Gasteiger partial charge in [-0.2, -0.15) is 5.10 Å². The first-order chi connectivity index (χ1) is 9.83. The van der Waals surface area contributed by atoms with Gasteiger partial charge in [0.25, 0.3) is 0 Å². The average molecular weight is 271 g/mol. The van der Waals surface area contributed by atoms with E-state index >= 15 is 0 Å². The predicted octanol–water partition coefficient (Wildman–Crippen LogP) is 1.21. The highest BCUT2D eigenvalue weighted by Crippen LogP contribution is 2.14. The Hall–Kier alpha value is -2.21. The van der Waals surface area contributed by atoms with Crippen LogP contribution in [-0.2, 0) is 4.79 Å². The first-order valence-electron chi connectivity index (χ1n) is 6.80. The maximum atomic E-state index is 12.1. The fourth-order valence-corrected chi connectivity index (χ4v) is 2.32. The van der Waals surface area contributed by atoms with E-state index in [0.29, 0.717) is 0 Å². The molecule has 0 aliphatic carbocycles. The summed E-state index contributed by atoms with van der Waals surface area (Å²) in [6, 6.07) is 5.52. The van der Waals surface area contributed by atoms with E-state index in [1.54, 1.807) is 17.1 Å². The summed E-state index contributed by atoms with van der Waals surface area (Å²) in [6.07, 6.45) is 7.18. The van der Waals surface area contributed by atoms with Gasteiger partial charge in [0.15, 0.2) is 5.82 Å². The number of aromatic nitrogens is 3. The van der Waals surface area contributed by atoms with Crippen LogP contribution in [0.15, 0.2) is 36.8 Å². The number of carbonyl (C=O) groups excluding carboxylic acids is 1. The molecular weight excluding hydrogens is 254 g/mol. The van der Waals surface area contributed by atoms with Crippen LogP contribution >= 0.6 is 0 Å². The zero-order valence-corrected chi connectivity index (χ0v) is 11.1. The normalized spacial score (nSPS) is 18.7. The lowest BCUT2D eigenvalue weighted by atomic mass is 9.99. The summed E-state index contributed by atoms with van der Waals surface area (Å²) in [7, 11) is 0. The van der Waals surface area contributed by atoms with Crippen molar-refractivity contribution in [1.29, 1.82) is 0 Å². The standard InChI is InChI=1S/C14H17N5O/c20-14(11-3-1-6-15-9-11)18-12-4-5-13(16-10-12)19-8-2-7-17-19/h2,4-5,7-8,10-11,15H,1,3,6,9H2,(H,18,20)/t11-/m0/s1. The van der Waals surface area contributed by atoms with Gasteiger partial charge in [-0.1, -0.05) is 0 Å². The number of anilines is 1. The SMILES string of the molecule is O=C(Nc1ccc(-n2cccn2)nc1)[C@H]1CCCNC1. The van der Waals surface area contributed by atoms with Gasteiger partial charge in [0.05, 0.1) is 17.8 Å². The maximum absolute atomic E-state index is 12.1. The van der Waals surface area contributed by atoms with Crippen LogP contribution in [0, 0.1) is 5.92 Å². The van der Waals surface area contributed by atoms with Crippen LogP contribution in [0.25, 0.3) is 5.82 Å². The summed E-state index contributed by atoms with van der Waals surface area (Å²) in [6.45, 7) is 1.76. The third-order valence-corrected chi connectivity index (χ3v) is 3.42. The van der Waals surface area contributed by atoms with Crippen LogP contribution in [0.3, 0.4) is 0 Å². The van der Waals surface area contributed by atoms with Gasteiger partial charge < -0.3 is 10.6 Å². The van der Waals surface area contributed by atoms with E-state index in [-0.39, 0.29) is 11.8 Å². The fraction of sp³-hybridized carbons (Fsp3) is 0.357. The number of amides is 1. The number of hydrogen-bond acceptors (Lipinski definition) is 4. The average Bonchev–Trinajstić information content (AvgIpc) is 3.03. The van der Waals surface area contributed by atoms with Crippen molar-refractivity contribution in [1.82, 2.24) is 20.1 Å². The summed E-state index contributed by atoms with van der Waals surface area (Å²) in [4.78, 5) is 16.4. The highest BCUT2D eigenvalue weighted by atomic mass is 16.1. The Bertz CT molecular complexity index is 558. The Morgan fingerprint density at radius 2 is 2.40 bits per heavy atom. The molecule has 0 radical (unpaired) electrons. The highest BCUT2D eigenvalue weighted by molar-refractivity contribution is 5.92. The second-order valence-electron chi connectivity index (χ2n) is 4.89. The van der Waals surface area contributed by atoms with Gasteiger partial charge in [0.1, 0.15) is 0 Å². The van der Waals surface area contributed by atoms with Crippen LogP contribution in [-0.4, -0.2) is 33.8 Å². The minimum atomic E-state index is 0.0505. The molecule has 6 nitrogen and oxygen atoms in total. The molecule has 2 N–H and O–H groups in total. The number of carbonyl (C=O) groups is 1. The largest absolute Gasteiger partial charge is 0.324 e. The molecule has 6 heteroatoms. The fourth-order valence-electron chi connectivity index (χ4n) is 2.32. The molecule has 2 aromatic rings. The van der Waals surface area contributed by atoms with E-state index < -0.39 is 0 Å². The van der Waals surface area contributed by atoms with Crippen molar-refractivity contribution in [2.24, 2.45) is 5.92 Å². The van der Waals surface area contributed by atoms with Gasteiger partial charge >= 0.3 is 0 Å². The zero-order valence-electron chi connectivity index (χ0n) is 11.1. The summed E-state index contributed by atoms with van der Waals surface area (Å²) in [5.74, 6) is 0.840. The molecule has 0 bridgehead atoms. The molecular formula is C14H17N5O. The third kappa shape index (κ3) is 2.85. The molecule has 20 heavy (non-hydrogen) atoms. The van der Waals surface area contributed by atoms with Gasteiger partial charge in [0, 0.05) is 18.9 Å². The first-order valence-corrected chi connectivity index (χ1v) is 6.80. The molecule has 0 aromatic carbocycles. The quantitative estimate of drug-likeness (QED) is 0.880. The van der Waals surface area contributed by atoms with Crippen molar-refractivity contribution < 1.29 is 4.79 Å². The third-order valence-electron chi connectivity index (χ3n) is 3.42. The molecule has 1 atom stereocenters. The number of pyridine rings is 1. The maximum Gasteiger partial charge on any atom is 0.228 e. The number of piperidine rings is 1. The topological polar surface area (TPSA) is 71.8 Å². The van der Waals surface area contributed by atoms with Crippen LogP contribution in [0.5, 0.6) is 0 Å². The number of hydrogen-bond donors (Lipinski definition) is 2. The predicted molar refractivity (Wildman–Crippen MR) is 75.6 cm³/mol. The van der Waals surface area contributed by atoms with Gasteiger partial charge in [0.2, 0.25) is 5.91 Å². The van der Waals surface area contributed by atoms with Crippen LogP contribution in [0.4, 0.5) is 5.69 Å². The molecule has 2 aromatic heterocycles. The Kier molecular flexibility index (Phi) is 3.73. The second-order valence-corrected chi connectivity index (χ2v) is 4.89. The molecule has 1 amide bonds. The van der Waals surface area contributed by atoms with E-state index in [4.69, 9.17) is 0 Å². The van der Waals surface area contributed by atoms with Crippen molar-refractivity contribution >= 4 is 11.6 Å². The number of rotatable bonds is 3. The molecule has 1 aliphatic rings. The summed E-state index contributed by atoms with van der Waals surface area (Å²) in [5, 5.41) is 10.3.